The van der Waals surface area contributed by atoms with Crippen molar-refractivity contribution < 1.29 is 14.3 Å². The zero-order valence-electron chi connectivity index (χ0n) is 14.2. The first kappa shape index (κ1) is 16.5. The van der Waals surface area contributed by atoms with Crippen molar-refractivity contribution in [1.29, 1.82) is 0 Å². The van der Waals surface area contributed by atoms with Crippen LogP contribution >= 0.6 is 0 Å². The highest BCUT2D eigenvalue weighted by atomic mass is 16.5. The van der Waals surface area contributed by atoms with Crippen molar-refractivity contribution in [2.24, 2.45) is 11.3 Å². The summed E-state index contributed by atoms with van der Waals surface area (Å²) in [4.78, 5) is 15.0. The molecule has 1 aromatic carbocycles. The second-order valence-corrected chi connectivity index (χ2v) is 6.93. The van der Waals surface area contributed by atoms with Gasteiger partial charge in [0.25, 0.3) is 0 Å². The lowest BCUT2D eigenvalue weighted by atomic mass is 9.65. The SMILES string of the molecule is CCOC(=O)[C@]12CC[C@H](OC)[C@H](CN(Cc3ccccc3)C1)C2. The van der Waals surface area contributed by atoms with Crippen LogP contribution in [0.15, 0.2) is 30.3 Å². The third-order valence-corrected chi connectivity index (χ3v) is 5.37. The van der Waals surface area contributed by atoms with Gasteiger partial charge in [0.1, 0.15) is 0 Å². The molecule has 1 heterocycles. The number of esters is 1. The quantitative estimate of drug-likeness (QED) is 0.783. The number of carbonyl (C=O) groups is 1. The fourth-order valence-corrected chi connectivity index (χ4v) is 4.35. The molecule has 0 N–H and O–H groups in total. The average Bonchev–Trinajstić information content (AvgIpc) is 2.56. The number of rotatable bonds is 5. The Bertz CT molecular complexity index is 533. The number of likely N-dealkylation sites (tertiary alicyclic amines) is 1. The molecule has 1 aliphatic heterocycles. The maximum atomic E-state index is 12.6. The summed E-state index contributed by atoms with van der Waals surface area (Å²) >= 11 is 0. The van der Waals surface area contributed by atoms with Crippen LogP contribution in [0.25, 0.3) is 0 Å². The molecule has 23 heavy (non-hydrogen) atoms. The van der Waals surface area contributed by atoms with Crippen molar-refractivity contribution in [3.05, 3.63) is 35.9 Å². The molecule has 4 nitrogen and oxygen atoms in total. The van der Waals surface area contributed by atoms with Gasteiger partial charge in [0.2, 0.25) is 0 Å². The predicted molar refractivity (Wildman–Crippen MR) is 88.9 cm³/mol. The van der Waals surface area contributed by atoms with Crippen LogP contribution in [0.1, 0.15) is 31.7 Å². The number of piperidine rings is 1. The molecule has 2 bridgehead atoms. The van der Waals surface area contributed by atoms with Gasteiger partial charge in [-0.15, -0.1) is 0 Å². The summed E-state index contributed by atoms with van der Waals surface area (Å²) in [7, 11) is 1.79. The maximum absolute atomic E-state index is 12.6. The second-order valence-electron chi connectivity index (χ2n) is 6.93. The van der Waals surface area contributed by atoms with E-state index in [1.54, 1.807) is 7.11 Å². The normalized spacial score (nSPS) is 30.9. The molecule has 2 aliphatic rings. The summed E-state index contributed by atoms with van der Waals surface area (Å²) in [5.74, 6) is 0.396. The van der Waals surface area contributed by atoms with E-state index in [1.165, 1.54) is 5.56 Å². The fourth-order valence-electron chi connectivity index (χ4n) is 4.35. The van der Waals surface area contributed by atoms with Crippen LogP contribution in [0.4, 0.5) is 0 Å². The molecular weight excluding hydrogens is 290 g/mol. The molecule has 2 fully saturated rings. The van der Waals surface area contributed by atoms with E-state index >= 15 is 0 Å². The number of hydrogen-bond donors (Lipinski definition) is 0. The zero-order valence-corrected chi connectivity index (χ0v) is 14.2. The number of benzene rings is 1. The number of ether oxygens (including phenoxy) is 2. The Kier molecular flexibility index (Phi) is 5.02. The van der Waals surface area contributed by atoms with E-state index in [0.29, 0.717) is 12.5 Å². The van der Waals surface area contributed by atoms with Gasteiger partial charge in [-0.25, -0.2) is 0 Å². The van der Waals surface area contributed by atoms with Gasteiger partial charge in [-0.05, 0) is 37.7 Å². The first-order valence-electron chi connectivity index (χ1n) is 8.63. The van der Waals surface area contributed by atoms with Crippen LogP contribution in [0.5, 0.6) is 0 Å². The van der Waals surface area contributed by atoms with Crippen LogP contribution in [0.3, 0.4) is 0 Å². The van der Waals surface area contributed by atoms with Gasteiger partial charge in [-0.3, -0.25) is 9.69 Å². The maximum Gasteiger partial charge on any atom is 0.313 e. The van der Waals surface area contributed by atoms with Gasteiger partial charge < -0.3 is 9.47 Å². The van der Waals surface area contributed by atoms with Crippen molar-refractivity contribution in [3.63, 3.8) is 0 Å². The fraction of sp³-hybridized carbons (Fsp3) is 0.632. The first-order valence-corrected chi connectivity index (χ1v) is 8.63. The number of carbonyl (C=O) groups excluding carboxylic acids is 1. The second kappa shape index (κ2) is 7.02. The van der Waals surface area contributed by atoms with E-state index in [9.17, 15) is 4.79 Å². The van der Waals surface area contributed by atoms with E-state index in [4.69, 9.17) is 9.47 Å². The van der Waals surface area contributed by atoms with Crippen molar-refractivity contribution >= 4 is 5.97 Å². The van der Waals surface area contributed by atoms with E-state index in [0.717, 1.165) is 38.9 Å². The molecule has 3 rings (SSSR count). The van der Waals surface area contributed by atoms with Gasteiger partial charge in [0, 0.05) is 26.7 Å². The van der Waals surface area contributed by atoms with Crippen LogP contribution < -0.4 is 0 Å². The van der Waals surface area contributed by atoms with Gasteiger partial charge in [-0.2, -0.15) is 0 Å². The van der Waals surface area contributed by atoms with E-state index < -0.39 is 0 Å². The smallest absolute Gasteiger partial charge is 0.313 e. The summed E-state index contributed by atoms with van der Waals surface area (Å²) in [5, 5.41) is 0. The average molecular weight is 317 g/mol. The molecule has 1 aromatic rings. The molecule has 0 spiro atoms. The van der Waals surface area contributed by atoms with Gasteiger partial charge in [0.05, 0.1) is 18.1 Å². The summed E-state index contributed by atoms with van der Waals surface area (Å²) < 4.78 is 11.1. The van der Waals surface area contributed by atoms with Crippen molar-refractivity contribution in [2.45, 2.75) is 38.8 Å². The third-order valence-electron chi connectivity index (χ3n) is 5.37. The third kappa shape index (κ3) is 3.43. The Labute approximate surface area is 138 Å². The van der Waals surface area contributed by atoms with Crippen LogP contribution in [0.2, 0.25) is 0 Å². The van der Waals surface area contributed by atoms with Crippen molar-refractivity contribution in [2.75, 3.05) is 26.8 Å². The number of fused-ring (bicyclic) bond motifs is 2. The molecule has 3 atom stereocenters. The minimum absolute atomic E-state index is 0.0164. The Morgan fingerprint density at radius 2 is 2.13 bits per heavy atom. The van der Waals surface area contributed by atoms with Gasteiger partial charge in [0.15, 0.2) is 0 Å². The molecule has 126 valence electrons. The Morgan fingerprint density at radius 1 is 1.35 bits per heavy atom. The summed E-state index contributed by atoms with van der Waals surface area (Å²) in [6.07, 6.45) is 2.98. The Morgan fingerprint density at radius 3 is 2.83 bits per heavy atom. The minimum Gasteiger partial charge on any atom is -0.466 e. The molecule has 1 saturated carbocycles. The molecule has 4 heteroatoms. The summed E-state index contributed by atoms with van der Waals surface area (Å²) in [6, 6.07) is 10.5. The number of hydrogen-bond acceptors (Lipinski definition) is 4. The molecule has 1 aliphatic carbocycles. The standard InChI is InChI=1S/C19H27NO3/c1-3-23-18(21)19-10-9-17(22-2)16(11-19)13-20(14-19)12-15-7-5-4-6-8-15/h4-8,16-17H,3,9-14H2,1-2H3/t16-,17-,19-/m0/s1. The number of nitrogens with zero attached hydrogens (tertiary/aromatic N) is 1. The molecule has 0 unspecified atom stereocenters. The van der Waals surface area contributed by atoms with Gasteiger partial charge in [-0.1, -0.05) is 30.3 Å². The molecule has 0 amide bonds. The Hall–Kier alpha value is -1.39. The first-order chi connectivity index (χ1) is 11.2. The largest absolute Gasteiger partial charge is 0.466 e. The Balaban J connectivity index is 1.79. The molecular formula is C19H27NO3. The predicted octanol–water partition coefficient (Wildman–Crippen LogP) is 2.87. The lowest BCUT2D eigenvalue weighted by molar-refractivity contribution is -0.169. The monoisotopic (exact) mass is 317 g/mol. The molecule has 0 aromatic heterocycles. The van der Waals surface area contributed by atoms with E-state index in [2.05, 4.69) is 29.2 Å². The lowest BCUT2D eigenvalue weighted by Crippen LogP contribution is -2.57. The highest BCUT2D eigenvalue weighted by Crippen LogP contribution is 2.46. The van der Waals surface area contributed by atoms with E-state index in [-0.39, 0.29) is 17.5 Å². The lowest BCUT2D eigenvalue weighted by Gasteiger charge is -2.50. The van der Waals surface area contributed by atoms with Crippen molar-refractivity contribution in [1.82, 2.24) is 4.90 Å². The van der Waals surface area contributed by atoms with Crippen molar-refractivity contribution in [3.8, 4) is 0 Å². The van der Waals surface area contributed by atoms with E-state index in [1.807, 2.05) is 13.0 Å². The van der Waals surface area contributed by atoms with Crippen LogP contribution in [-0.2, 0) is 20.8 Å². The van der Waals surface area contributed by atoms with Crippen LogP contribution in [-0.4, -0.2) is 43.8 Å². The highest BCUT2D eigenvalue weighted by Gasteiger charge is 2.51. The molecule has 0 radical (unpaired) electrons. The minimum atomic E-state index is -0.345. The zero-order chi connectivity index (χ0) is 16.3. The highest BCUT2D eigenvalue weighted by molar-refractivity contribution is 5.77. The van der Waals surface area contributed by atoms with Gasteiger partial charge >= 0.3 is 5.97 Å². The summed E-state index contributed by atoms with van der Waals surface area (Å²) in [5.41, 5.74) is 0.948. The topological polar surface area (TPSA) is 38.8 Å². The number of methoxy groups -OCH3 is 1. The molecule has 1 saturated heterocycles. The summed E-state index contributed by atoms with van der Waals surface area (Å²) in [6.45, 7) is 5.02. The van der Waals surface area contributed by atoms with Crippen LogP contribution in [0, 0.1) is 11.3 Å².